The van der Waals surface area contributed by atoms with Crippen LogP contribution in [0.1, 0.15) is 12.8 Å². The molecule has 31 heavy (non-hydrogen) atoms. The number of methoxy groups -OCH3 is 2. The first-order valence-electron chi connectivity index (χ1n) is 9.06. The molecule has 0 N–H and O–H groups in total. The lowest BCUT2D eigenvalue weighted by Gasteiger charge is -2.44. The fourth-order valence-electron chi connectivity index (χ4n) is 3.67. The van der Waals surface area contributed by atoms with Crippen LogP contribution in [0.2, 0.25) is 0 Å². The highest BCUT2D eigenvalue weighted by atomic mass is 32.2. The third-order valence-electron chi connectivity index (χ3n) is 5.50. The van der Waals surface area contributed by atoms with Crippen molar-refractivity contribution in [2.75, 3.05) is 42.7 Å². The van der Waals surface area contributed by atoms with Crippen LogP contribution in [0, 0.1) is 0 Å². The first kappa shape index (κ1) is 26.1. The molecule has 2 atom stereocenters. The van der Waals surface area contributed by atoms with Crippen molar-refractivity contribution in [1.82, 2.24) is 0 Å². The molecule has 0 bridgehead atoms. The highest BCUT2D eigenvalue weighted by Crippen LogP contribution is 2.73. The highest BCUT2D eigenvalue weighted by molar-refractivity contribution is 8.06. The van der Waals surface area contributed by atoms with Gasteiger partial charge in [0.15, 0.2) is 18.8 Å². The Kier molecular flexibility index (Phi) is 7.86. The van der Waals surface area contributed by atoms with Gasteiger partial charge in [0.1, 0.15) is 11.5 Å². The monoisotopic (exact) mass is 498 g/mol. The van der Waals surface area contributed by atoms with Crippen LogP contribution in [-0.2, 0) is 46.5 Å². The van der Waals surface area contributed by atoms with E-state index in [0.29, 0.717) is 11.5 Å². The van der Waals surface area contributed by atoms with Gasteiger partial charge in [-0.1, -0.05) is 0 Å². The molecule has 0 radical (unpaired) electrons. The minimum atomic E-state index is -4.74. The van der Waals surface area contributed by atoms with Gasteiger partial charge in [-0.15, -0.1) is 0 Å². The van der Waals surface area contributed by atoms with Crippen molar-refractivity contribution in [3.05, 3.63) is 48.0 Å². The lowest BCUT2D eigenvalue weighted by atomic mass is 10.1. The molecule has 13 heteroatoms. The number of hydrogen-bond donors (Lipinski definition) is 0. The zero-order valence-corrected chi connectivity index (χ0v) is 20.9. The summed E-state index contributed by atoms with van der Waals surface area (Å²) < 4.78 is 82.6. The average molecular weight is 498 g/mol. The van der Waals surface area contributed by atoms with Crippen LogP contribution >= 0.6 is 15.2 Å². The van der Waals surface area contributed by atoms with Crippen molar-refractivity contribution >= 4 is 25.0 Å². The second-order valence-electron chi connectivity index (χ2n) is 6.61. The lowest BCUT2D eigenvalue weighted by Crippen LogP contribution is -2.51. The first-order chi connectivity index (χ1) is 14.5. The Balaban J connectivity index is 2.89. The normalized spacial score (nSPS) is 26.9. The molecular weight excluding hydrogens is 470 g/mol. The number of hydrogen-bond acceptors (Lipinski definition) is 10. The van der Waals surface area contributed by atoms with Gasteiger partial charge in [0.25, 0.3) is 0 Å². The van der Waals surface area contributed by atoms with E-state index in [4.69, 9.17) is 27.6 Å². The first-order valence-corrected chi connectivity index (χ1v) is 13.6. The Bertz CT molecular complexity index is 922. The molecule has 2 aliphatic rings. The SMILES string of the molecule is COC1=CCC(P(=O)(OC)OC)(S(=O)(=O)C2(P(=O)(OC)OC)C=CC(OC)=CC2)C=C1. The maximum absolute atomic E-state index is 14.4. The molecule has 0 saturated heterocycles. The van der Waals surface area contributed by atoms with E-state index in [2.05, 4.69) is 0 Å². The second-order valence-corrected chi connectivity index (χ2v) is 14.7. The van der Waals surface area contributed by atoms with Crippen LogP contribution in [-0.4, -0.2) is 60.1 Å². The van der Waals surface area contributed by atoms with Gasteiger partial charge in [-0.2, -0.15) is 0 Å². The maximum atomic E-state index is 14.4. The Hall–Kier alpha value is -1.19. The summed E-state index contributed by atoms with van der Waals surface area (Å²) in [6.45, 7) is 0. The van der Waals surface area contributed by atoms with Gasteiger partial charge in [0.05, 0.1) is 14.2 Å². The highest BCUT2D eigenvalue weighted by Gasteiger charge is 2.70. The van der Waals surface area contributed by atoms with Gasteiger partial charge < -0.3 is 27.6 Å². The molecule has 2 unspecified atom stereocenters. The summed E-state index contributed by atoms with van der Waals surface area (Å²) in [5.74, 6) is 0.724. The van der Waals surface area contributed by atoms with Crippen molar-refractivity contribution in [3.63, 3.8) is 0 Å². The molecule has 0 saturated carbocycles. The average Bonchev–Trinajstić information content (AvgIpc) is 2.82. The van der Waals surface area contributed by atoms with E-state index in [1.165, 1.54) is 50.7 Å². The molecule has 0 spiro atoms. The molecule has 0 fully saturated rings. The quantitative estimate of drug-likeness (QED) is 0.411. The topological polar surface area (TPSA) is 124 Å². The molecule has 176 valence electrons. The van der Waals surface area contributed by atoms with E-state index in [9.17, 15) is 17.5 Å². The van der Waals surface area contributed by atoms with Crippen molar-refractivity contribution in [1.29, 1.82) is 0 Å². The molecule has 0 aromatic rings. The van der Waals surface area contributed by atoms with Crippen molar-refractivity contribution < 1.29 is 45.1 Å². The van der Waals surface area contributed by atoms with Gasteiger partial charge in [-0.05, 0) is 36.5 Å². The summed E-state index contributed by atoms with van der Waals surface area (Å²) in [7, 11) is -6.28. The Labute approximate surface area is 182 Å². The van der Waals surface area contributed by atoms with E-state index in [1.54, 1.807) is 0 Å². The molecular formula is C18H28O10P2S. The Morgan fingerprint density at radius 2 is 1.03 bits per heavy atom. The van der Waals surface area contributed by atoms with Crippen LogP contribution in [0.25, 0.3) is 0 Å². The van der Waals surface area contributed by atoms with E-state index in [-0.39, 0.29) is 12.8 Å². The minimum absolute atomic E-state index is 0.322. The third kappa shape index (κ3) is 3.70. The van der Waals surface area contributed by atoms with Crippen molar-refractivity contribution in [2.45, 2.75) is 21.8 Å². The molecule has 2 aliphatic carbocycles. The molecule has 0 aromatic heterocycles. The number of allylic oxidation sites excluding steroid dienone is 4. The Morgan fingerprint density at radius 3 is 1.23 bits per heavy atom. The van der Waals surface area contributed by atoms with Crippen molar-refractivity contribution in [3.8, 4) is 0 Å². The van der Waals surface area contributed by atoms with Gasteiger partial charge in [0.2, 0.25) is 0 Å². The van der Waals surface area contributed by atoms with Crippen LogP contribution in [0.4, 0.5) is 0 Å². The number of rotatable bonds is 10. The zero-order valence-electron chi connectivity index (χ0n) is 18.3. The van der Waals surface area contributed by atoms with E-state index in [0.717, 1.165) is 28.4 Å². The summed E-state index contributed by atoms with van der Waals surface area (Å²) in [5, 5.41) is 0. The van der Waals surface area contributed by atoms with Crippen molar-refractivity contribution in [2.24, 2.45) is 0 Å². The fourth-order valence-corrected chi connectivity index (χ4v) is 12.5. The summed E-state index contributed by atoms with van der Waals surface area (Å²) >= 11 is 0. The molecule has 0 aromatic carbocycles. The summed E-state index contributed by atoms with van der Waals surface area (Å²) in [4.78, 5) is 0. The second kappa shape index (κ2) is 9.35. The standard InChI is InChI=1S/C18H28O10P2S/c1-23-15-7-11-17(12-8-15,29(19,25-3)26-4)31(21,22)18(30(20,27-5)28-6)13-9-16(24-2)10-14-18/h7-11,13H,12,14H2,1-6H3. The molecule has 10 nitrogen and oxygen atoms in total. The number of sulfone groups is 1. The Morgan fingerprint density at radius 1 is 0.710 bits per heavy atom. The van der Waals surface area contributed by atoms with E-state index < -0.39 is 34.0 Å². The predicted molar refractivity (Wildman–Crippen MR) is 115 cm³/mol. The maximum Gasteiger partial charge on any atom is 0.355 e. The molecule has 0 heterocycles. The third-order valence-corrected chi connectivity index (χ3v) is 15.2. The van der Waals surface area contributed by atoms with Gasteiger partial charge in [0, 0.05) is 41.3 Å². The lowest BCUT2D eigenvalue weighted by molar-refractivity contribution is 0.258. The van der Waals surface area contributed by atoms with Crippen LogP contribution in [0.3, 0.4) is 0 Å². The summed E-state index contributed by atoms with van der Waals surface area (Å²) in [5.41, 5.74) is 0. The molecule has 0 amide bonds. The van der Waals surface area contributed by atoms with E-state index in [1.807, 2.05) is 0 Å². The predicted octanol–water partition coefficient (Wildman–Crippen LogP) is 3.75. The minimum Gasteiger partial charge on any atom is -0.497 e. The molecule has 2 rings (SSSR count). The summed E-state index contributed by atoms with van der Waals surface area (Å²) in [6.07, 6.45) is 7.34. The van der Waals surface area contributed by atoms with Gasteiger partial charge in [-0.25, -0.2) is 8.42 Å². The van der Waals surface area contributed by atoms with E-state index >= 15 is 0 Å². The van der Waals surface area contributed by atoms with Crippen LogP contribution < -0.4 is 0 Å². The number of ether oxygens (including phenoxy) is 2. The zero-order chi connectivity index (χ0) is 23.6. The smallest absolute Gasteiger partial charge is 0.355 e. The summed E-state index contributed by atoms with van der Waals surface area (Å²) in [6, 6.07) is 0. The molecule has 0 aliphatic heterocycles. The van der Waals surface area contributed by atoms with Gasteiger partial charge >= 0.3 is 15.2 Å². The largest absolute Gasteiger partial charge is 0.497 e. The van der Waals surface area contributed by atoms with Gasteiger partial charge in [-0.3, -0.25) is 9.13 Å². The van der Waals surface area contributed by atoms with Crippen LogP contribution in [0.5, 0.6) is 0 Å². The van der Waals surface area contributed by atoms with Crippen LogP contribution in [0.15, 0.2) is 48.0 Å². The fraction of sp³-hybridized carbons (Fsp3) is 0.556.